The first-order valence-electron chi connectivity index (χ1n) is 16.8. The van der Waals surface area contributed by atoms with Gasteiger partial charge in [0.05, 0.1) is 54.4 Å². The maximum atomic E-state index is 14.4. The Balaban J connectivity index is 1.66. The zero-order chi connectivity index (χ0) is 37.3. The van der Waals surface area contributed by atoms with E-state index >= 15 is 0 Å². The molecule has 0 bridgehead atoms. The lowest BCUT2D eigenvalue weighted by molar-refractivity contribution is -0.00833. The first kappa shape index (κ1) is 39.9. The van der Waals surface area contributed by atoms with Crippen LogP contribution in [0.5, 0.6) is 17.2 Å². The van der Waals surface area contributed by atoms with Gasteiger partial charge in [-0.15, -0.1) is 0 Å². The molecule has 0 saturated carbocycles. The predicted molar refractivity (Wildman–Crippen MR) is 193 cm³/mol. The maximum Gasteiger partial charge on any atom is 0.261 e. The van der Waals surface area contributed by atoms with Crippen LogP contribution in [0, 0.1) is 5.92 Å². The van der Waals surface area contributed by atoms with E-state index < -0.39 is 38.1 Å². The lowest BCUT2D eigenvalue weighted by atomic mass is 10.0. The van der Waals surface area contributed by atoms with Gasteiger partial charge in [0.25, 0.3) is 15.9 Å². The van der Waals surface area contributed by atoms with Crippen molar-refractivity contribution in [1.82, 2.24) is 9.21 Å². The van der Waals surface area contributed by atoms with Crippen LogP contribution >= 0.6 is 0 Å². The number of nitrogens with one attached hydrogen (secondary N) is 1. The van der Waals surface area contributed by atoms with Crippen LogP contribution in [0.2, 0.25) is 0 Å². The molecule has 0 saturated heterocycles. The third-order valence-electron chi connectivity index (χ3n) is 8.88. The van der Waals surface area contributed by atoms with Gasteiger partial charge in [-0.05, 0) is 99.8 Å². The molecule has 0 radical (unpaired) electrons. The molecule has 4 rings (SSSR count). The second kappa shape index (κ2) is 17.6. The second-order valence-corrected chi connectivity index (χ2v) is 16.5. The third-order valence-corrected chi connectivity index (χ3v) is 12.1. The highest BCUT2D eigenvalue weighted by Gasteiger charge is 2.32. The quantitative estimate of drug-likeness (QED) is 0.283. The van der Waals surface area contributed by atoms with E-state index in [2.05, 4.69) is 4.72 Å². The average molecular weight is 748 g/mol. The molecule has 1 amide bonds. The van der Waals surface area contributed by atoms with Gasteiger partial charge in [-0.25, -0.2) is 16.8 Å². The fraction of sp³-hybridized carbons (Fsp3) is 0.472. The van der Waals surface area contributed by atoms with E-state index in [1.165, 1.54) is 79.0 Å². The summed E-state index contributed by atoms with van der Waals surface area (Å²) < 4.78 is 80.3. The Hall–Kier alpha value is -3.89. The molecule has 13 nitrogen and oxygen atoms in total. The maximum absolute atomic E-state index is 14.4. The number of carbonyl (C=O) groups excluding carboxylic acids is 1. The van der Waals surface area contributed by atoms with Crippen LogP contribution in [0.4, 0.5) is 5.69 Å². The van der Waals surface area contributed by atoms with E-state index in [1.807, 2.05) is 13.8 Å². The third kappa shape index (κ3) is 10.1. The minimum absolute atomic E-state index is 0.00829. The molecule has 1 aliphatic heterocycles. The lowest BCUT2D eigenvalue weighted by Gasteiger charge is -2.35. The summed E-state index contributed by atoms with van der Waals surface area (Å²) in [5.74, 6) is 0.427. The molecule has 2 N–H and O–H groups in total. The Bertz CT molecular complexity index is 1820. The van der Waals surface area contributed by atoms with Crippen LogP contribution < -0.4 is 18.9 Å². The van der Waals surface area contributed by atoms with Crippen molar-refractivity contribution in [2.24, 2.45) is 5.92 Å². The summed E-state index contributed by atoms with van der Waals surface area (Å²) in [5.41, 5.74) is 0.254. The minimum Gasteiger partial charge on any atom is -0.497 e. The smallest absolute Gasteiger partial charge is 0.261 e. The lowest BCUT2D eigenvalue weighted by Crippen LogP contribution is -2.48. The molecule has 0 spiro atoms. The zero-order valence-electron chi connectivity index (χ0n) is 29.9. The second-order valence-electron chi connectivity index (χ2n) is 12.8. The molecule has 0 aromatic heterocycles. The van der Waals surface area contributed by atoms with Crippen molar-refractivity contribution in [2.75, 3.05) is 52.3 Å². The predicted octanol–water partition coefficient (Wildman–Crippen LogP) is 4.62. The summed E-state index contributed by atoms with van der Waals surface area (Å²) in [6, 6.07) is 15.9. The van der Waals surface area contributed by atoms with Gasteiger partial charge in [-0.3, -0.25) is 9.52 Å². The number of carbonyl (C=O) groups is 1. The van der Waals surface area contributed by atoms with Gasteiger partial charge in [-0.2, -0.15) is 4.31 Å². The van der Waals surface area contributed by atoms with Gasteiger partial charge in [0.1, 0.15) is 17.2 Å². The van der Waals surface area contributed by atoms with Crippen LogP contribution in [0.1, 0.15) is 50.4 Å². The molecule has 280 valence electrons. The number of nitrogens with zero attached hydrogens (tertiary/aromatic N) is 2. The van der Waals surface area contributed by atoms with Gasteiger partial charge in [0, 0.05) is 38.3 Å². The standard InChI is InChI=1S/C36H49N3O10S2/c1-25-22-39(26(2)24-40)36(41)33-21-28(37-50(42,43)31-15-11-29(46-5)12-16-31)10-19-34(33)49-27(3)9-7-8-20-48-35(25)23-38(4)51(44,45)32-17-13-30(47-6)14-18-32/h10-19,21,25-27,35,37,40H,7-9,20,22-24H2,1-6H3/t25-,26-,27+,35+/m1/s1. The molecule has 15 heteroatoms. The van der Waals surface area contributed by atoms with Crippen LogP contribution in [0.25, 0.3) is 0 Å². The molecule has 51 heavy (non-hydrogen) atoms. The van der Waals surface area contributed by atoms with E-state index in [0.717, 1.165) is 6.42 Å². The summed E-state index contributed by atoms with van der Waals surface area (Å²) in [6.45, 7) is 5.58. The largest absolute Gasteiger partial charge is 0.497 e. The van der Waals surface area contributed by atoms with Gasteiger partial charge < -0.3 is 29.0 Å². The SMILES string of the molecule is COc1ccc(S(=O)(=O)Nc2ccc3c(c2)C(=O)N([C@H](C)CO)C[C@@H](C)[C@H](CN(C)S(=O)(=O)c2ccc(OC)cc2)OCCCC[C@H](C)O3)cc1. The van der Waals surface area contributed by atoms with Gasteiger partial charge in [0.2, 0.25) is 10.0 Å². The molecule has 1 aliphatic rings. The highest BCUT2D eigenvalue weighted by atomic mass is 32.2. The summed E-state index contributed by atoms with van der Waals surface area (Å²) in [4.78, 5) is 16.0. The van der Waals surface area contributed by atoms with Crippen LogP contribution in [0.3, 0.4) is 0 Å². The number of aliphatic hydroxyl groups is 1. The molecular formula is C36H49N3O10S2. The normalized spacial score (nSPS) is 20.1. The number of hydrogen-bond acceptors (Lipinski definition) is 10. The van der Waals surface area contributed by atoms with E-state index in [1.54, 1.807) is 25.1 Å². The molecule has 1 heterocycles. The van der Waals surface area contributed by atoms with E-state index in [0.29, 0.717) is 30.9 Å². The molecule has 0 aliphatic carbocycles. The number of sulfonamides is 2. The first-order valence-corrected chi connectivity index (χ1v) is 19.7. The Kier molecular flexibility index (Phi) is 13.7. The number of amides is 1. The topological polar surface area (TPSA) is 161 Å². The molecule has 0 fully saturated rings. The molecule has 4 atom stereocenters. The summed E-state index contributed by atoms with van der Waals surface area (Å²) in [7, 11) is -3.43. The fourth-order valence-corrected chi connectivity index (χ4v) is 7.93. The number of rotatable bonds is 11. The van der Waals surface area contributed by atoms with Crippen molar-refractivity contribution in [3.05, 3.63) is 72.3 Å². The molecular weight excluding hydrogens is 699 g/mol. The van der Waals surface area contributed by atoms with Crippen molar-refractivity contribution >= 4 is 31.6 Å². The molecule has 0 unspecified atom stereocenters. The minimum atomic E-state index is -4.03. The Labute approximate surface area is 301 Å². The molecule has 3 aromatic rings. The van der Waals surface area contributed by atoms with Crippen molar-refractivity contribution in [3.63, 3.8) is 0 Å². The highest BCUT2D eigenvalue weighted by molar-refractivity contribution is 7.92. The Morgan fingerprint density at radius 2 is 1.55 bits per heavy atom. The van der Waals surface area contributed by atoms with Crippen LogP contribution in [-0.4, -0.2) is 103 Å². The van der Waals surface area contributed by atoms with E-state index in [9.17, 15) is 26.7 Å². The van der Waals surface area contributed by atoms with Crippen LogP contribution in [-0.2, 0) is 24.8 Å². The van der Waals surface area contributed by atoms with Crippen molar-refractivity contribution in [3.8, 4) is 17.2 Å². The molecule has 3 aromatic carbocycles. The average Bonchev–Trinajstić information content (AvgIpc) is 3.12. The highest BCUT2D eigenvalue weighted by Crippen LogP contribution is 2.30. The number of fused-ring (bicyclic) bond motifs is 1. The summed E-state index contributed by atoms with van der Waals surface area (Å²) in [6.07, 6.45) is 1.19. The van der Waals surface area contributed by atoms with Gasteiger partial charge in [0.15, 0.2) is 0 Å². The summed E-state index contributed by atoms with van der Waals surface area (Å²) in [5, 5.41) is 10.3. The Morgan fingerprint density at radius 1 is 0.941 bits per heavy atom. The zero-order valence-corrected chi connectivity index (χ0v) is 31.6. The number of likely N-dealkylation sites (N-methyl/N-ethyl adjacent to an activating group) is 1. The van der Waals surface area contributed by atoms with Crippen molar-refractivity contribution < 1.29 is 45.7 Å². The van der Waals surface area contributed by atoms with E-state index in [-0.39, 0.29) is 58.5 Å². The van der Waals surface area contributed by atoms with Gasteiger partial charge >= 0.3 is 0 Å². The van der Waals surface area contributed by atoms with Crippen molar-refractivity contribution in [2.45, 2.75) is 68.1 Å². The summed E-state index contributed by atoms with van der Waals surface area (Å²) >= 11 is 0. The van der Waals surface area contributed by atoms with E-state index in [4.69, 9.17) is 18.9 Å². The first-order chi connectivity index (χ1) is 24.2. The fourth-order valence-electron chi connectivity index (χ4n) is 5.70. The number of hydrogen-bond donors (Lipinski definition) is 2. The Morgan fingerprint density at radius 3 is 2.14 bits per heavy atom. The number of ether oxygens (including phenoxy) is 4. The van der Waals surface area contributed by atoms with Crippen LogP contribution in [0.15, 0.2) is 76.5 Å². The number of methoxy groups -OCH3 is 2. The van der Waals surface area contributed by atoms with Crippen molar-refractivity contribution in [1.29, 1.82) is 0 Å². The number of benzene rings is 3. The van der Waals surface area contributed by atoms with Gasteiger partial charge in [-0.1, -0.05) is 6.92 Å². The monoisotopic (exact) mass is 747 g/mol. The number of anilines is 1. The number of aliphatic hydroxyl groups excluding tert-OH is 1.